The average molecular weight is 366 g/mol. The van der Waals surface area contributed by atoms with Crippen molar-refractivity contribution >= 4 is 22.7 Å². The zero-order valence-electron chi connectivity index (χ0n) is 14.8. The number of benzene rings is 2. The number of Topliss-reactive ketones (excluding diaryl/α,β-unsaturated/α-hetero) is 1. The topological polar surface area (TPSA) is 75.0 Å². The van der Waals surface area contributed by atoms with Gasteiger partial charge in [-0.2, -0.15) is 0 Å². The summed E-state index contributed by atoms with van der Waals surface area (Å²) in [5, 5.41) is 0.871. The van der Waals surface area contributed by atoms with Crippen LogP contribution in [-0.4, -0.2) is 31.6 Å². The Morgan fingerprint density at radius 3 is 2.70 bits per heavy atom. The number of rotatable bonds is 5. The van der Waals surface area contributed by atoms with Crippen LogP contribution in [0.2, 0.25) is 0 Å². The summed E-state index contributed by atoms with van der Waals surface area (Å²) in [6.07, 6.45) is 1.60. The number of carbonyl (C=O) groups is 2. The molecule has 1 aliphatic rings. The molecule has 0 amide bonds. The van der Waals surface area contributed by atoms with E-state index in [1.165, 1.54) is 0 Å². The lowest BCUT2D eigenvalue weighted by Gasteiger charge is -2.18. The molecule has 0 radical (unpaired) electrons. The normalized spacial score (nSPS) is 12.8. The van der Waals surface area contributed by atoms with Crippen LogP contribution in [-0.2, 0) is 16.0 Å². The summed E-state index contributed by atoms with van der Waals surface area (Å²) in [6.45, 7) is 2.57. The summed E-state index contributed by atoms with van der Waals surface area (Å²) >= 11 is 0. The number of hydrogen-bond donors (Lipinski definition) is 0. The van der Waals surface area contributed by atoms with E-state index < -0.39 is 5.97 Å². The highest BCUT2D eigenvalue weighted by molar-refractivity contribution is 5.98. The second-order valence-corrected chi connectivity index (χ2v) is 6.38. The lowest BCUT2D eigenvalue weighted by molar-refractivity contribution is -0.141. The van der Waals surface area contributed by atoms with Gasteiger partial charge in [-0.15, -0.1) is 0 Å². The van der Waals surface area contributed by atoms with Gasteiger partial charge in [-0.3, -0.25) is 9.59 Å². The summed E-state index contributed by atoms with van der Waals surface area (Å²) in [7, 11) is 0. The van der Waals surface area contributed by atoms with E-state index in [0.29, 0.717) is 30.3 Å². The monoisotopic (exact) mass is 366 g/mol. The first-order chi connectivity index (χ1) is 13.1. The van der Waals surface area contributed by atoms with Gasteiger partial charge in [0.05, 0.1) is 12.7 Å². The third-order valence-electron chi connectivity index (χ3n) is 4.37. The quantitative estimate of drug-likeness (QED) is 0.508. The van der Waals surface area contributed by atoms with Gasteiger partial charge < -0.3 is 18.6 Å². The summed E-state index contributed by atoms with van der Waals surface area (Å²) in [5.41, 5.74) is 2.96. The highest BCUT2D eigenvalue weighted by atomic mass is 16.6. The van der Waals surface area contributed by atoms with E-state index >= 15 is 0 Å². The Morgan fingerprint density at radius 2 is 1.85 bits per heavy atom. The number of furan rings is 1. The number of ketones is 1. The Morgan fingerprint density at radius 1 is 1.04 bits per heavy atom. The first-order valence-electron chi connectivity index (χ1n) is 8.65. The second kappa shape index (κ2) is 7.15. The summed E-state index contributed by atoms with van der Waals surface area (Å²) in [4.78, 5) is 24.4. The van der Waals surface area contributed by atoms with Crippen molar-refractivity contribution in [2.75, 3.05) is 19.8 Å². The maximum atomic E-state index is 12.3. The molecule has 0 fully saturated rings. The van der Waals surface area contributed by atoms with Crippen LogP contribution in [0.15, 0.2) is 47.1 Å². The van der Waals surface area contributed by atoms with Gasteiger partial charge in [0.2, 0.25) is 0 Å². The Balaban J connectivity index is 1.38. The van der Waals surface area contributed by atoms with Crippen molar-refractivity contribution in [3.63, 3.8) is 0 Å². The zero-order valence-corrected chi connectivity index (χ0v) is 14.8. The van der Waals surface area contributed by atoms with Crippen LogP contribution >= 0.6 is 0 Å². The fraction of sp³-hybridized carbons (Fsp3) is 0.238. The molecule has 2 aromatic carbocycles. The molecule has 0 unspecified atom stereocenters. The van der Waals surface area contributed by atoms with Crippen LogP contribution in [0.1, 0.15) is 21.5 Å². The van der Waals surface area contributed by atoms with Gasteiger partial charge in [-0.1, -0.05) is 12.1 Å². The van der Waals surface area contributed by atoms with Crippen LogP contribution in [0.4, 0.5) is 0 Å². The minimum absolute atomic E-state index is 0.0461. The average Bonchev–Trinajstić information content (AvgIpc) is 3.07. The van der Waals surface area contributed by atoms with Crippen LogP contribution in [0.25, 0.3) is 11.0 Å². The standard InChI is InChI=1S/C21H18O6/c1-13-2-4-16-15(11-26-19(16)8-13)10-21(23)27-12-17(22)14-3-5-18-20(9-14)25-7-6-24-18/h2-5,8-9,11H,6-7,10,12H2,1H3. The van der Waals surface area contributed by atoms with Gasteiger partial charge in [0.25, 0.3) is 0 Å². The number of ether oxygens (including phenoxy) is 3. The van der Waals surface area contributed by atoms with E-state index in [9.17, 15) is 9.59 Å². The number of hydrogen-bond acceptors (Lipinski definition) is 6. The van der Waals surface area contributed by atoms with Gasteiger partial charge in [0.15, 0.2) is 23.9 Å². The van der Waals surface area contributed by atoms with Crippen molar-refractivity contribution in [1.29, 1.82) is 0 Å². The smallest absolute Gasteiger partial charge is 0.310 e. The minimum Gasteiger partial charge on any atom is -0.486 e. The van der Waals surface area contributed by atoms with Gasteiger partial charge in [0, 0.05) is 16.5 Å². The summed E-state index contributed by atoms with van der Waals surface area (Å²) < 4.78 is 21.5. The molecule has 1 aromatic heterocycles. The molecule has 0 saturated carbocycles. The number of carbonyl (C=O) groups excluding carboxylic acids is 2. The van der Waals surface area contributed by atoms with E-state index in [-0.39, 0.29) is 18.8 Å². The molecule has 0 spiro atoms. The minimum atomic E-state index is -0.482. The van der Waals surface area contributed by atoms with Crippen molar-refractivity contribution in [2.45, 2.75) is 13.3 Å². The molecule has 0 N–H and O–H groups in total. The van der Waals surface area contributed by atoms with Crippen LogP contribution in [0, 0.1) is 6.92 Å². The molecule has 138 valence electrons. The van der Waals surface area contributed by atoms with E-state index in [2.05, 4.69) is 0 Å². The molecular weight excluding hydrogens is 348 g/mol. The SMILES string of the molecule is Cc1ccc2c(CC(=O)OCC(=O)c3ccc4c(c3)OCCO4)coc2c1. The lowest BCUT2D eigenvalue weighted by atomic mass is 10.1. The number of fused-ring (bicyclic) bond motifs is 2. The molecule has 0 saturated heterocycles. The van der Waals surface area contributed by atoms with Crippen molar-refractivity contribution in [3.05, 3.63) is 59.4 Å². The van der Waals surface area contributed by atoms with Crippen molar-refractivity contribution in [3.8, 4) is 11.5 Å². The highest BCUT2D eigenvalue weighted by Gasteiger charge is 2.17. The number of esters is 1. The van der Waals surface area contributed by atoms with Crippen molar-refractivity contribution < 1.29 is 28.2 Å². The maximum absolute atomic E-state index is 12.3. The lowest BCUT2D eigenvalue weighted by Crippen LogP contribution is -2.18. The van der Waals surface area contributed by atoms with E-state index in [0.717, 1.165) is 22.1 Å². The fourth-order valence-electron chi connectivity index (χ4n) is 2.98. The Labute approximate surface area is 155 Å². The predicted molar refractivity (Wildman–Crippen MR) is 97.4 cm³/mol. The van der Waals surface area contributed by atoms with Crippen LogP contribution in [0.3, 0.4) is 0 Å². The predicted octanol–water partition coefficient (Wildman–Crippen LogP) is 3.48. The number of aryl methyl sites for hydroxylation is 1. The Hall–Kier alpha value is -3.28. The van der Waals surface area contributed by atoms with E-state index in [1.54, 1.807) is 24.5 Å². The molecule has 0 aliphatic carbocycles. The van der Waals surface area contributed by atoms with Crippen molar-refractivity contribution in [1.82, 2.24) is 0 Å². The Kier molecular flexibility index (Phi) is 4.54. The highest BCUT2D eigenvalue weighted by Crippen LogP contribution is 2.31. The largest absolute Gasteiger partial charge is 0.486 e. The molecular formula is C21H18O6. The Bertz CT molecular complexity index is 1020. The molecule has 3 aromatic rings. The molecule has 6 heteroatoms. The van der Waals surface area contributed by atoms with Gasteiger partial charge in [0.1, 0.15) is 18.8 Å². The van der Waals surface area contributed by atoms with Gasteiger partial charge >= 0.3 is 5.97 Å². The first kappa shape index (κ1) is 17.1. The van der Waals surface area contributed by atoms with Crippen LogP contribution in [0.5, 0.6) is 11.5 Å². The van der Waals surface area contributed by atoms with E-state index in [1.807, 2.05) is 25.1 Å². The van der Waals surface area contributed by atoms with Gasteiger partial charge in [-0.05, 0) is 36.8 Å². The molecule has 0 atom stereocenters. The third kappa shape index (κ3) is 3.65. The van der Waals surface area contributed by atoms with Crippen LogP contribution < -0.4 is 9.47 Å². The first-order valence-corrected chi connectivity index (χ1v) is 8.65. The molecule has 1 aliphatic heterocycles. The summed E-state index contributed by atoms with van der Waals surface area (Å²) in [5.74, 6) is 0.354. The molecule has 4 rings (SSSR count). The molecule has 0 bridgehead atoms. The van der Waals surface area contributed by atoms with E-state index in [4.69, 9.17) is 18.6 Å². The summed E-state index contributed by atoms with van der Waals surface area (Å²) in [6, 6.07) is 10.7. The zero-order chi connectivity index (χ0) is 18.8. The molecule has 2 heterocycles. The molecule has 27 heavy (non-hydrogen) atoms. The second-order valence-electron chi connectivity index (χ2n) is 6.38. The van der Waals surface area contributed by atoms with Gasteiger partial charge in [-0.25, -0.2) is 0 Å². The van der Waals surface area contributed by atoms with Crippen molar-refractivity contribution in [2.24, 2.45) is 0 Å². The fourth-order valence-corrected chi connectivity index (χ4v) is 2.98. The maximum Gasteiger partial charge on any atom is 0.310 e. The molecule has 6 nitrogen and oxygen atoms in total. The third-order valence-corrected chi connectivity index (χ3v) is 4.37.